The molecule has 0 radical (unpaired) electrons. The fourth-order valence-electron chi connectivity index (χ4n) is 3.33. The van der Waals surface area contributed by atoms with E-state index >= 15 is 0 Å². The second kappa shape index (κ2) is 9.53. The van der Waals surface area contributed by atoms with Gasteiger partial charge in [-0.05, 0) is 24.3 Å². The average molecular weight is 485 g/mol. The van der Waals surface area contributed by atoms with Gasteiger partial charge in [-0.25, -0.2) is 13.2 Å². The number of hydrazine groups is 1. The zero-order chi connectivity index (χ0) is 24.3. The quantitative estimate of drug-likeness (QED) is 0.440. The van der Waals surface area contributed by atoms with Crippen LogP contribution in [0.2, 0.25) is 0 Å². The highest BCUT2D eigenvalue weighted by Crippen LogP contribution is 2.35. The maximum Gasteiger partial charge on any atom is 0.408 e. The van der Waals surface area contributed by atoms with Gasteiger partial charge >= 0.3 is 18.4 Å². The Labute approximate surface area is 180 Å². The number of hydrogen-bond acceptors (Lipinski definition) is 3. The number of nitrogens with zero attached hydrogens (tertiary/aromatic N) is 1. The van der Waals surface area contributed by atoms with E-state index in [-0.39, 0.29) is 10.3 Å². The minimum atomic E-state index is -5.17. The number of sulfonamides is 1. The van der Waals surface area contributed by atoms with Gasteiger partial charge in [-0.15, -0.1) is 4.83 Å². The molecule has 0 aliphatic rings. The summed E-state index contributed by atoms with van der Waals surface area (Å²) in [7, 11) is -4.52. The fourth-order valence-corrected chi connectivity index (χ4v) is 4.40. The number of nitrogens with one attached hydrogen (secondary N) is 2. The van der Waals surface area contributed by atoms with Gasteiger partial charge in [0.25, 0.3) is 10.0 Å². The molecule has 0 heterocycles. The van der Waals surface area contributed by atoms with Crippen LogP contribution in [0.3, 0.4) is 0 Å². The number of fused-ring (bicyclic) bond motifs is 1. The van der Waals surface area contributed by atoms with Crippen LogP contribution in [0.4, 0.5) is 31.1 Å². The first kappa shape index (κ1) is 25.7. The van der Waals surface area contributed by atoms with E-state index in [9.17, 15) is 39.6 Å². The molecule has 2 aromatic carbocycles. The number of hydrogen-bond donors (Lipinski definition) is 2. The van der Waals surface area contributed by atoms with Crippen LogP contribution in [-0.2, 0) is 10.0 Å². The maximum absolute atomic E-state index is 13.4. The Balaban J connectivity index is 2.38. The van der Waals surface area contributed by atoms with E-state index in [0.29, 0.717) is 5.39 Å². The molecule has 0 saturated heterocycles. The van der Waals surface area contributed by atoms with Crippen molar-refractivity contribution >= 4 is 26.8 Å². The van der Waals surface area contributed by atoms with E-state index in [0.717, 1.165) is 13.8 Å². The number of urea groups is 1. The summed E-state index contributed by atoms with van der Waals surface area (Å²) >= 11 is 0. The Morgan fingerprint density at radius 1 is 0.906 bits per heavy atom. The summed E-state index contributed by atoms with van der Waals surface area (Å²) in [5.74, 6) is 0. The van der Waals surface area contributed by atoms with Crippen LogP contribution in [0.25, 0.3) is 10.8 Å². The molecular weight excluding hydrogens is 464 g/mol. The van der Waals surface area contributed by atoms with Crippen molar-refractivity contribution in [2.75, 3.05) is 0 Å². The number of carbonyl (C=O) groups excluding carboxylic acids is 1. The zero-order valence-electron chi connectivity index (χ0n) is 17.0. The Kier molecular flexibility index (Phi) is 7.66. The highest BCUT2D eigenvalue weighted by Gasteiger charge is 2.53. The van der Waals surface area contributed by atoms with Crippen molar-refractivity contribution in [1.82, 2.24) is 15.2 Å². The number of amides is 2. The van der Waals surface area contributed by atoms with Crippen molar-refractivity contribution in [3.05, 3.63) is 42.5 Å². The molecule has 13 heteroatoms. The molecule has 2 aromatic rings. The molecule has 32 heavy (non-hydrogen) atoms. The third-order valence-corrected chi connectivity index (χ3v) is 6.07. The Hall–Kier alpha value is -2.54. The van der Waals surface area contributed by atoms with Crippen LogP contribution in [0, 0.1) is 0 Å². The number of rotatable bonds is 7. The van der Waals surface area contributed by atoms with E-state index < -0.39 is 58.2 Å². The number of halogens is 6. The summed E-state index contributed by atoms with van der Waals surface area (Å²) in [5, 5.41) is 0.770. The molecule has 2 unspecified atom stereocenters. The lowest BCUT2D eigenvalue weighted by Crippen LogP contribution is -2.62. The molecule has 2 N–H and O–H groups in total. The molecule has 2 amide bonds. The van der Waals surface area contributed by atoms with E-state index in [2.05, 4.69) is 0 Å². The van der Waals surface area contributed by atoms with Gasteiger partial charge in [0.1, 0.15) is 12.1 Å². The highest BCUT2D eigenvalue weighted by atomic mass is 32.2. The summed E-state index contributed by atoms with van der Waals surface area (Å²) in [6, 6.07) is 3.03. The summed E-state index contributed by atoms with van der Waals surface area (Å²) in [6.07, 6.45) is -12.1. The molecule has 0 bridgehead atoms. The van der Waals surface area contributed by atoms with Gasteiger partial charge < -0.3 is 0 Å². The molecule has 0 fully saturated rings. The molecule has 2 rings (SSSR count). The van der Waals surface area contributed by atoms with Gasteiger partial charge in [-0.1, -0.05) is 50.2 Å². The fraction of sp³-hybridized carbons (Fsp3) is 0.421. The summed E-state index contributed by atoms with van der Waals surface area (Å²) in [5.41, 5.74) is 1.51. The minimum Gasteiger partial charge on any atom is -0.299 e. The SMILES string of the molecule is CCC(N(C(=O)NNS(=O)(=O)c1cccc2ccccc12)C(CC)C(F)(F)F)C(F)(F)F. The lowest BCUT2D eigenvalue weighted by Gasteiger charge is -2.38. The summed E-state index contributed by atoms with van der Waals surface area (Å²) in [4.78, 5) is 13.3. The molecular formula is C19H21F6N3O3S. The third kappa shape index (κ3) is 5.63. The normalized spacial score (nSPS) is 14.8. The maximum atomic E-state index is 13.4. The van der Waals surface area contributed by atoms with Crippen LogP contribution in [0.5, 0.6) is 0 Å². The van der Waals surface area contributed by atoms with Gasteiger partial charge in [0.2, 0.25) is 0 Å². The van der Waals surface area contributed by atoms with Crippen molar-refractivity contribution in [1.29, 1.82) is 0 Å². The molecule has 0 spiro atoms. The number of benzene rings is 2. The zero-order valence-corrected chi connectivity index (χ0v) is 17.8. The van der Waals surface area contributed by atoms with Crippen LogP contribution in [0.15, 0.2) is 47.4 Å². The smallest absolute Gasteiger partial charge is 0.299 e. The van der Waals surface area contributed by atoms with Crippen molar-refractivity contribution < 1.29 is 39.6 Å². The molecule has 178 valence electrons. The van der Waals surface area contributed by atoms with Gasteiger partial charge in [-0.3, -0.25) is 10.3 Å². The lowest BCUT2D eigenvalue weighted by atomic mass is 10.1. The van der Waals surface area contributed by atoms with E-state index in [1.54, 1.807) is 29.1 Å². The predicted molar refractivity (Wildman–Crippen MR) is 105 cm³/mol. The van der Waals surface area contributed by atoms with Crippen molar-refractivity contribution in [2.24, 2.45) is 0 Å². The van der Waals surface area contributed by atoms with Crippen LogP contribution >= 0.6 is 0 Å². The van der Waals surface area contributed by atoms with Crippen LogP contribution in [-0.4, -0.2) is 43.8 Å². The summed E-state index contributed by atoms with van der Waals surface area (Å²) in [6.45, 7) is 1.95. The molecule has 6 nitrogen and oxygen atoms in total. The molecule has 0 aliphatic carbocycles. The van der Waals surface area contributed by atoms with Gasteiger partial charge in [0.15, 0.2) is 0 Å². The Bertz CT molecular complexity index is 1030. The lowest BCUT2D eigenvalue weighted by molar-refractivity contribution is -0.222. The molecule has 0 saturated carbocycles. The van der Waals surface area contributed by atoms with E-state index in [1.807, 2.05) is 0 Å². The topological polar surface area (TPSA) is 78.5 Å². The Morgan fingerprint density at radius 2 is 1.41 bits per heavy atom. The largest absolute Gasteiger partial charge is 0.408 e. The van der Waals surface area contributed by atoms with E-state index in [4.69, 9.17) is 0 Å². The first-order valence-corrected chi connectivity index (χ1v) is 10.9. The van der Waals surface area contributed by atoms with Crippen LogP contribution in [0.1, 0.15) is 26.7 Å². The van der Waals surface area contributed by atoms with Crippen molar-refractivity contribution in [3.63, 3.8) is 0 Å². The second-order valence-electron chi connectivity index (χ2n) is 6.85. The van der Waals surface area contributed by atoms with Gasteiger partial charge in [0, 0.05) is 5.39 Å². The van der Waals surface area contributed by atoms with Gasteiger partial charge in [-0.2, -0.15) is 26.3 Å². The molecule has 0 aromatic heterocycles. The summed E-state index contributed by atoms with van der Waals surface area (Å²) < 4.78 is 106. The molecule has 0 aliphatic heterocycles. The average Bonchev–Trinajstić information content (AvgIpc) is 2.69. The highest BCUT2D eigenvalue weighted by molar-refractivity contribution is 7.89. The van der Waals surface area contributed by atoms with E-state index in [1.165, 1.54) is 23.6 Å². The predicted octanol–water partition coefficient (Wildman–Crippen LogP) is 4.73. The standard InChI is InChI=1S/C19H21F6N3O3S/c1-3-15(18(20,21)22)28(16(4-2)19(23,24)25)17(29)26-27-32(30,31)14-11-7-9-12-8-5-6-10-13(12)14/h5-11,15-16,27H,3-4H2,1-2H3,(H,26,29). The second-order valence-corrected chi connectivity index (χ2v) is 8.50. The number of alkyl halides is 6. The minimum absolute atomic E-state index is 0.247. The molecule has 2 atom stereocenters. The van der Waals surface area contributed by atoms with Gasteiger partial charge in [0.05, 0.1) is 4.90 Å². The van der Waals surface area contributed by atoms with Crippen molar-refractivity contribution in [2.45, 2.75) is 56.0 Å². The third-order valence-electron chi connectivity index (χ3n) is 4.77. The first-order chi connectivity index (χ1) is 14.7. The Morgan fingerprint density at radius 3 is 1.91 bits per heavy atom. The van der Waals surface area contributed by atoms with Crippen molar-refractivity contribution in [3.8, 4) is 0 Å². The van der Waals surface area contributed by atoms with Crippen LogP contribution < -0.4 is 10.3 Å². The monoisotopic (exact) mass is 485 g/mol. The number of carbonyl (C=O) groups is 1. The first-order valence-electron chi connectivity index (χ1n) is 9.45.